The Balaban J connectivity index is 1.75. The number of nitrogens with two attached hydrogens (primary N) is 1. The summed E-state index contributed by atoms with van der Waals surface area (Å²) in [6.45, 7) is 1.96. The minimum atomic E-state index is -0.675. The molecule has 3 nitrogen and oxygen atoms in total. The number of rotatable bonds is 4. The van der Waals surface area contributed by atoms with E-state index in [9.17, 15) is 4.79 Å². The van der Waals surface area contributed by atoms with Crippen LogP contribution in [0.25, 0.3) is 10.8 Å². The van der Waals surface area contributed by atoms with Crippen molar-refractivity contribution in [3.05, 3.63) is 83.9 Å². The van der Waals surface area contributed by atoms with Gasteiger partial charge in [0, 0.05) is 0 Å². The fourth-order valence-electron chi connectivity index (χ4n) is 2.68. The van der Waals surface area contributed by atoms with Gasteiger partial charge in [0.1, 0.15) is 6.04 Å². The minimum absolute atomic E-state index is 0.0739. The van der Waals surface area contributed by atoms with Gasteiger partial charge in [-0.3, -0.25) is 4.79 Å². The molecule has 3 heteroatoms. The van der Waals surface area contributed by atoms with Crippen LogP contribution in [0.5, 0.6) is 0 Å². The van der Waals surface area contributed by atoms with Gasteiger partial charge >= 0.3 is 0 Å². The zero-order chi connectivity index (χ0) is 16.2. The largest absolute Gasteiger partial charge is 0.348 e. The van der Waals surface area contributed by atoms with E-state index in [1.165, 1.54) is 0 Å². The summed E-state index contributed by atoms with van der Waals surface area (Å²) in [6.07, 6.45) is 0. The molecule has 0 aliphatic heterocycles. The number of benzene rings is 3. The van der Waals surface area contributed by atoms with E-state index in [-0.39, 0.29) is 11.9 Å². The van der Waals surface area contributed by atoms with Crippen molar-refractivity contribution in [1.82, 2.24) is 5.32 Å². The van der Waals surface area contributed by atoms with Crippen LogP contribution in [0.15, 0.2) is 72.8 Å². The van der Waals surface area contributed by atoms with Crippen molar-refractivity contribution in [3.63, 3.8) is 0 Å². The van der Waals surface area contributed by atoms with Crippen LogP contribution in [0.1, 0.15) is 30.1 Å². The van der Waals surface area contributed by atoms with E-state index in [1.54, 1.807) is 0 Å². The molecule has 0 aromatic heterocycles. The standard InChI is InChI=1S/C20H20N2O/c1-14(15-7-3-2-4-8-15)22-20(23)19(21)18-12-11-16-9-5-6-10-17(16)13-18/h2-14,19H,21H2,1H3,(H,22,23). The predicted octanol–water partition coefficient (Wildman–Crippen LogP) is 3.72. The van der Waals surface area contributed by atoms with E-state index in [2.05, 4.69) is 5.32 Å². The van der Waals surface area contributed by atoms with Gasteiger partial charge in [-0.2, -0.15) is 0 Å². The zero-order valence-electron chi connectivity index (χ0n) is 13.1. The minimum Gasteiger partial charge on any atom is -0.348 e. The molecule has 0 bridgehead atoms. The number of carbonyl (C=O) groups excluding carboxylic acids is 1. The summed E-state index contributed by atoms with van der Waals surface area (Å²) >= 11 is 0. The Morgan fingerprint density at radius 1 is 0.870 bits per heavy atom. The summed E-state index contributed by atoms with van der Waals surface area (Å²) in [6, 6.07) is 23.1. The van der Waals surface area contributed by atoms with Gasteiger partial charge in [0.2, 0.25) is 5.91 Å². The maximum atomic E-state index is 12.4. The lowest BCUT2D eigenvalue weighted by atomic mass is 10.0. The number of nitrogens with one attached hydrogen (secondary N) is 1. The predicted molar refractivity (Wildman–Crippen MR) is 93.9 cm³/mol. The molecule has 2 atom stereocenters. The highest BCUT2D eigenvalue weighted by Crippen LogP contribution is 2.20. The van der Waals surface area contributed by atoms with Crippen LogP contribution < -0.4 is 11.1 Å². The molecule has 0 radical (unpaired) electrons. The molecular formula is C20H20N2O. The fourth-order valence-corrected chi connectivity index (χ4v) is 2.68. The molecule has 0 saturated carbocycles. The summed E-state index contributed by atoms with van der Waals surface area (Å²) in [4.78, 5) is 12.4. The summed E-state index contributed by atoms with van der Waals surface area (Å²) < 4.78 is 0. The molecule has 3 rings (SSSR count). The van der Waals surface area contributed by atoms with Crippen LogP contribution in [-0.4, -0.2) is 5.91 Å². The topological polar surface area (TPSA) is 55.1 Å². The first-order valence-electron chi connectivity index (χ1n) is 7.75. The van der Waals surface area contributed by atoms with Crippen molar-refractivity contribution in [2.75, 3.05) is 0 Å². The SMILES string of the molecule is CC(NC(=O)C(N)c1ccc2ccccc2c1)c1ccccc1. The summed E-state index contributed by atoms with van der Waals surface area (Å²) in [5.74, 6) is -0.170. The Morgan fingerprint density at radius 3 is 2.26 bits per heavy atom. The molecule has 0 fully saturated rings. The maximum absolute atomic E-state index is 12.4. The van der Waals surface area contributed by atoms with Gasteiger partial charge in [-0.25, -0.2) is 0 Å². The molecule has 3 N–H and O–H groups in total. The smallest absolute Gasteiger partial charge is 0.241 e. The van der Waals surface area contributed by atoms with E-state index >= 15 is 0 Å². The van der Waals surface area contributed by atoms with Gasteiger partial charge in [-0.15, -0.1) is 0 Å². The van der Waals surface area contributed by atoms with Crippen molar-refractivity contribution >= 4 is 16.7 Å². The zero-order valence-corrected chi connectivity index (χ0v) is 13.1. The van der Waals surface area contributed by atoms with Gasteiger partial charge in [0.25, 0.3) is 0 Å². The second kappa shape index (κ2) is 6.63. The number of hydrogen-bond acceptors (Lipinski definition) is 2. The van der Waals surface area contributed by atoms with Crippen molar-refractivity contribution in [3.8, 4) is 0 Å². The molecule has 2 unspecified atom stereocenters. The molecule has 1 amide bonds. The van der Waals surface area contributed by atoms with Gasteiger partial charge in [0.05, 0.1) is 6.04 Å². The lowest BCUT2D eigenvalue weighted by molar-refractivity contribution is -0.123. The molecular weight excluding hydrogens is 284 g/mol. The van der Waals surface area contributed by atoms with E-state index < -0.39 is 6.04 Å². The highest BCUT2D eigenvalue weighted by Gasteiger charge is 2.18. The Bertz CT molecular complexity index is 814. The molecule has 0 heterocycles. The summed E-state index contributed by atoms with van der Waals surface area (Å²) in [5.41, 5.74) is 8.03. The molecule has 0 spiro atoms. The molecule has 3 aromatic rings. The van der Waals surface area contributed by atoms with E-state index in [4.69, 9.17) is 5.73 Å². The van der Waals surface area contributed by atoms with Gasteiger partial charge in [-0.05, 0) is 34.9 Å². The van der Waals surface area contributed by atoms with Crippen LogP contribution in [0.4, 0.5) is 0 Å². The first-order valence-corrected chi connectivity index (χ1v) is 7.75. The van der Waals surface area contributed by atoms with Gasteiger partial charge < -0.3 is 11.1 Å². The Hall–Kier alpha value is -2.65. The third-order valence-corrected chi connectivity index (χ3v) is 4.07. The van der Waals surface area contributed by atoms with Crippen molar-refractivity contribution in [2.45, 2.75) is 19.0 Å². The van der Waals surface area contributed by atoms with E-state index in [1.807, 2.05) is 79.7 Å². The molecule has 0 saturated heterocycles. The quantitative estimate of drug-likeness (QED) is 0.772. The van der Waals surface area contributed by atoms with Crippen LogP contribution in [0.3, 0.4) is 0 Å². The average molecular weight is 304 g/mol. The monoisotopic (exact) mass is 304 g/mol. The first-order chi connectivity index (χ1) is 11.1. The summed E-state index contributed by atoms with van der Waals surface area (Å²) in [5, 5.41) is 5.21. The molecule has 0 aliphatic carbocycles. The third-order valence-electron chi connectivity index (χ3n) is 4.07. The second-order valence-electron chi connectivity index (χ2n) is 5.73. The Kier molecular flexibility index (Phi) is 4.40. The Morgan fingerprint density at radius 2 is 1.52 bits per heavy atom. The number of carbonyl (C=O) groups is 1. The lowest BCUT2D eigenvalue weighted by Gasteiger charge is -2.18. The number of hydrogen-bond donors (Lipinski definition) is 2. The molecule has 0 aliphatic rings. The van der Waals surface area contributed by atoms with Gasteiger partial charge in [-0.1, -0.05) is 66.7 Å². The highest BCUT2D eigenvalue weighted by atomic mass is 16.2. The fraction of sp³-hybridized carbons (Fsp3) is 0.150. The summed E-state index contributed by atoms with van der Waals surface area (Å²) in [7, 11) is 0. The van der Waals surface area contributed by atoms with Crippen molar-refractivity contribution in [1.29, 1.82) is 0 Å². The van der Waals surface area contributed by atoms with Crippen LogP contribution in [0.2, 0.25) is 0 Å². The van der Waals surface area contributed by atoms with Gasteiger partial charge in [0.15, 0.2) is 0 Å². The molecule has 116 valence electrons. The average Bonchev–Trinajstić information content (AvgIpc) is 2.61. The van der Waals surface area contributed by atoms with E-state index in [0.717, 1.165) is 21.9 Å². The molecule has 3 aromatic carbocycles. The third kappa shape index (κ3) is 3.41. The Labute approximate surface area is 136 Å². The first kappa shape index (κ1) is 15.3. The highest BCUT2D eigenvalue weighted by molar-refractivity contribution is 5.87. The van der Waals surface area contributed by atoms with Crippen molar-refractivity contribution < 1.29 is 4.79 Å². The number of amides is 1. The van der Waals surface area contributed by atoms with Crippen molar-refractivity contribution in [2.24, 2.45) is 5.73 Å². The maximum Gasteiger partial charge on any atom is 0.241 e. The number of fused-ring (bicyclic) bond motifs is 1. The normalized spacial score (nSPS) is 13.5. The van der Waals surface area contributed by atoms with Crippen LogP contribution in [-0.2, 0) is 4.79 Å². The second-order valence-corrected chi connectivity index (χ2v) is 5.73. The van der Waals surface area contributed by atoms with Crippen LogP contribution >= 0.6 is 0 Å². The molecule has 23 heavy (non-hydrogen) atoms. The lowest BCUT2D eigenvalue weighted by Crippen LogP contribution is -2.35. The van der Waals surface area contributed by atoms with Crippen LogP contribution in [0, 0.1) is 0 Å². The van der Waals surface area contributed by atoms with E-state index in [0.29, 0.717) is 0 Å².